The normalized spacial score (nSPS) is 30.4. The molecule has 64 valence electrons. The van der Waals surface area contributed by atoms with Gasteiger partial charge >= 0.3 is 0 Å². The van der Waals surface area contributed by atoms with Crippen molar-refractivity contribution < 1.29 is 9.47 Å². The van der Waals surface area contributed by atoms with Crippen molar-refractivity contribution in [2.24, 2.45) is 5.41 Å². The molecule has 1 saturated heterocycles. The first kappa shape index (κ1) is 9.29. The molecule has 0 amide bonds. The average Bonchev–Trinajstić information content (AvgIpc) is 2.33. The van der Waals surface area contributed by atoms with Gasteiger partial charge in [0, 0.05) is 12.0 Å². The molecule has 1 heterocycles. The molecule has 0 aromatic heterocycles. The molecule has 0 bridgehead atoms. The minimum Gasteiger partial charge on any atom is -0.478 e. The molecule has 1 fully saturated rings. The summed E-state index contributed by atoms with van der Waals surface area (Å²) < 4.78 is 10.7. The molecular formula is C7H12O2S2. The van der Waals surface area contributed by atoms with Crippen LogP contribution in [0.15, 0.2) is 0 Å². The summed E-state index contributed by atoms with van der Waals surface area (Å²) in [5.74, 6) is 0. The molecule has 4 heteroatoms. The fourth-order valence-electron chi connectivity index (χ4n) is 1.06. The van der Waals surface area contributed by atoms with Crippen LogP contribution >= 0.6 is 24.8 Å². The van der Waals surface area contributed by atoms with Crippen molar-refractivity contribution in [1.29, 1.82) is 0 Å². The van der Waals surface area contributed by atoms with Crippen LogP contribution in [0.4, 0.5) is 0 Å². The summed E-state index contributed by atoms with van der Waals surface area (Å²) in [6, 6.07) is 0. The lowest BCUT2D eigenvalue weighted by Gasteiger charge is -2.20. The first-order valence-corrected chi connectivity index (χ1v) is 4.41. The summed E-state index contributed by atoms with van der Waals surface area (Å²) in [5, 5.41) is 0. The third-order valence-corrected chi connectivity index (χ3v) is 2.09. The van der Waals surface area contributed by atoms with Crippen LogP contribution in [0.25, 0.3) is 0 Å². The van der Waals surface area contributed by atoms with E-state index in [9.17, 15) is 0 Å². The number of hydrogen-bond acceptors (Lipinski definition) is 3. The van der Waals surface area contributed by atoms with E-state index in [-0.39, 0.29) is 5.41 Å². The Hall–Kier alpha value is 0.200. The zero-order valence-electron chi connectivity index (χ0n) is 6.50. The monoisotopic (exact) mass is 192 g/mol. The van der Waals surface area contributed by atoms with Crippen molar-refractivity contribution in [2.45, 2.75) is 13.3 Å². The number of rotatable bonds is 2. The second-order valence-corrected chi connectivity index (χ2v) is 4.25. The highest BCUT2D eigenvalue weighted by molar-refractivity contribution is 8.10. The molecule has 1 rings (SSSR count). The average molecular weight is 192 g/mol. The molecule has 1 aliphatic heterocycles. The molecule has 11 heavy (non-hydrogen) atoms. The first-order valence-electron chi connectivity index (χ1n) is 3.56. The van der Waals surface area contributed by atoms with E-state index in [1.165, 1.54) is 0 Å². The lowest BCUT2D eigenvalue weighted by atomic mass is 9.91. The lowest BCUT2D eigenvalue weighted by Crippen LogP contribution is -2.23. The predicted octanol–water partition coefficient (Wildman–Crippen LogP) is 1.64. The largest absolute Gasteiger partial charge is 0.478 e. The number of thiocarbonyl (C=S) groups is 1. The Labute approximate surface area is 77.7 Å². The highest BCUT2D eigenvalue weighted by atomic mass is 32.1. The van der Waals surface area contributed by atoms with E-state index in [2.05, 4.69) is 31.8 Å². The highest BCUT2D eigenvalue weighted by Gasteiger charge is 2.30. The zero-order chi connectivity index (χ0) is 8.32. The molecule has 0 aromatic rings. The second-order valence-electron chi connectivity index (χ2n) is 3.17. The molecule has 0 N–H and O–H groups in total. The van der Waals surface area contributed by atoms with Crippen LogP contribution in [0, 0.1) is 5.41 Å². The Morgan fingerprint density at radius 2 is 2.55 bits per heavy atom. The van der Waals surface area contributed by atoms with E-state index in [0.29, 0.717) is 11.0 Å². The van der Waals surface area contributed by atoms with Gasteiger partial charge in [0.15, 0.2) is 0 Å². The molecule has 0 radical (unpaired) electrons. The summed E-state index contributed by atoms with van der Waals surface area (Å²) in [6.07, 6.45) is 1.05. The molecule has 0 saturated carbocycles. The molecule has 2 nitrogen and oxygen atoms in total. The van der Waals surface area contributed by atoms with Gasteiger partial charge in [-0.3, -0.25) is 0 Å². The van der Waals surface area contributed by atoms with E-state index < -0.39 is 0 Å². The fraction of sp³-hybridized carbons (Fsp3) is 0.857. The first-order chi connectivity index (χ1) is 5.12. The second kappa shape index (κ2) is 3.74. The molecule has 1 atom stereocenters. The van der Waals surface area contributed by atoms with Gasteiger partial charge in [0.25, 0.3) is 0 Å². The van der Waals surface area contributed by atoms with Crippen molar-refractivity contribution in [2.75, 3.05) is 19.8 Å². The van der Waals surface area contributed by atoms with Crippen molar-refractivity contribution in [3.05, 3.63) is 0 Å². The summed E-state index contributed by atoms with van der Waals surface area (Å²) in [7, 11) is 0. The number of hydrogen-bond donors (Lipinski definition) is 1. The number of thiol groups is 1. The highest BCUT2D eigenvalue weighted by Crippen LogP contribution is 2.27. The summed E-state index contributed by atoms with van der Waals surface area (Å²) in [6.45, 7) is 4.35. The topological polar surface area (TPSA) is 18.5 Å². The summed E-state index contributed by atoms with van der Waals surface area (Å²) in [4.78, 5) is 0. The Balaban J connectivity index is 2.28. The maximum atomic E-state index is 5.24. The molecule has 1 aliphatic rings. The van der Waals surface area contributed by atoms with Crippen LogP contribution < -0.4 is 0 Å². The van der Waals surface area contributed by atoms with E-state index in [1.54, 1.807) is 0 Å². The van der Waals surface area contributed by atoms with Crippen LogP contribution in [0.2, 0.25) is 0 Å². The Kier molecular flexibility index (Phi) is 3.16. The smallest absolute Gasteiger partial charge is 0.216 e. The molecule has 0 spiro atoms. The Morgan fingerprint density at radius 1 is 1.82 bits per heavy atom. The SMILES string of the molecule is CC1(COC(=S)S)CCOC1. The van der Waals surface area contributed by atoms with Gasteiger partial charge in [0.05, 0.1) is 13.2 Å². The van der Waals surface area contributed by atoms with Gasteiger partial charge in [0.1, 0.15) is 0 Å². The van der Waals surface area contributed by atoms with Gasteiger partial charge in [-0.15, -0.1) is 0 Å². The van der Waals surface area contributed by atoms with Gasteiger partial charge in [-0.25, -0.2) is 0 Å². The van der Waals surface area contributed by atoms with Crippen LogP contribution in [0.1, 0.15) is 13.3 Å². The fourth-order valence-corrected chi connectivity index (χ4v) is 1.18. The van der Waals surface area contributed by atoms with Crippen LogP contribution in [-0.4, -0.2) is 24.2 Å². The van der Waals surface area contributed by atoms with Crippen molar-refractivity contribution in [3.63, 3.8) is 0 Å². The van der Waals surface area contributed by atoms with Crippen molar-refractivity contribution in [1.82, 2.24) is 0 Å². The third-order valence-electron chi connectivity index (χ3n) is 1.84. The van der Waals surface area contributed by atoms with E-state index in [1.807, 2.05) is 0 Å². The van der Waals surface area contributed by atoms with Crippen LogP contribution in [0.5, 0.6) is 0 Å². The molecule has 0 aromatic carbocycles. The van der Waals surface area contributed by atoms with Crippen LogP contribution in [-0.2, 0) is 9.47 Å². The lowest BCUT2D eigenvalue weighted by molar-refractivity contribution is 0.117. The summed E-state index contributed by atoms with van der Waals surface area (Å²) >= 11 is 8.56. The predicted molar refractivity (Wildman–Crippen MR) is 51.1 cm³/mol. The van der Waals surface area contributed by atoms with E-state index >= 15 is 0 Å². The van der Waals surface area contributed by atoms with Gasteiger partial charge in [-0.05, 0) is 18.6 Å². The maximum Gasteiger partial charge on any atom is 0.216 e. The minimum absolute atomic E-state index is 0.146. The van der Waals surface area contributed by atoms with Gasteiger partial charge in [0.2, 0.25) is 4.38 Å². The maximum absolute atomic E-state index is 5.24. The van der Waals surface area contributed by atoms with Gasteiger partial charge < -0.3 is 9.47 Å². The van der Waals surface area contributed by atoms with E-state index in [0.717, 1.165) is 19.6 Å². The Bertz CT molecular complexity index is 153. The summed E-state index contributed by atoms with van der Waals surface area (Å²) in [5.41, 5.74) is 0.146. The standard InChI is InChI=1S/C7H12O2S2/c1-7(2-3-8-4-7)5-9-6(10)11/h2-5H2,1H3,(H,10,11). The minimum atomic E-state index is 0.146. The molecular weight excluding hydrogens is 180 g/mol. The number of ether oxygens (including phenoxy) is 2. The molecule has 0 aliphatic carbocycles. The van der Waals surface area contributed by atoms with E-state index in [4.69, 9.17) is 9.47 Å². The van der Waals surface area contributed by atoms with Gasteiger partial charge in [-0.2, -0.15) is 0 Å². The third kappa shape index (κ3) is 2.97. The van der Waals surface area contributed by atoms with Crippen LogP contribution in [0.3, 0.4) is 0 Å². The zero-order valence-corrected chi connectivity index (χ0v) is 8.21. The van der Waals surface area contributed by atoms with Crippen molar-refractivity contribution in [3.8, 4) is 0 Å². The molecule has 1 unspecified atom stereocenters. The van der Waals surface area contributed by atoms with Gasteiger partial charge in [-0.1, -0.05) is 19.6 Å². The quantitative estimate of drug-likeness (QED) is 0.530. The van der Waals surface area contributed by atoms with Crippen molar-refractivity contribution >= 4 is 29.2 Å². The Morgan fingerprint density at radius 3 is 3.00 bits per heavy atom.